The fourth-order valence-electron chi connectivity index (χ4n) is 1.76. The van der Waals surface area contributed by atoms with Crippen LogP contribution in [0.1, 0.15) is 17.2 Å². The molecule has 94 valence electrons. The fraction of sp³-hybridized carbons (Fsp3) is 0.0769. The molecule has 18 heavy (non-hydrogen) atoms. The summed E-state index contributed by atoms with van der Waals surface area (Å²) in [5.41, 5.74) is 3.83. The van der Waals surface area contributed by atoms with Crippen LogP contribution in [0.2, 0.25) is 0 Å². The van der Waals surface area contributed by atoms with E-state index in [0.29, 0.717) is 15.6 Å². The number of hydrogen-bond acceptors (Lipinski definition) is 2. The van der Waals surface area contributed by atoms with Gasteiger partial charge in [0.25, 0.3) is 0 Å². The molecule has 0 spiro atoms. The molecule has 2 nitrogen and oxygen atoms in total. The lowest BCUT2D eigenvalue weighted by atomic mass is 9.99. The van der Waals surface area contributed by atoms with Crippen LogP contribution >= 0.6 is 15.9 Å². The Hall–Kier alpha value is -1.30. The van der Waals surface area contributed by atoms with Gasteiger partial charge in [-0.2, -0.15) is 0 Å². The van der Waals surface area contributed by atoms with Crippen molar-refractivity contribution >= 4 is 15.9 Å². The van der Waals surface area contributed by atoms with E-state index in [9.17, 15) is 8.78 Å². The first-order valence-corrected chi connectivity index (χ1v) is 6.07. The molecular formula is C13H11BrF2N2. The van der Waals surface area contributed by atoms with Crippen molar-refractivity contribution in [1.29, 1.82) is 0 Å². The lowest BCUT2D eigenvalue weighted by Gasteiger charge is -2.17. The predicted octanol–water partition coefficient (Wildman–Crippen LogP) is 3.28. The maximum absolute atomic E-state index is 13.5. The molecule has 5 heteroatoms. The topological polar surface area (TPSA) is 38.0 Å². The molecule has 0 saturated heterocycles. The van der Waals surface area contributed by atoms with Crippen molar-refractivity contribution in [3.05, 3.63) is 69.7 Å². The van der Waals surface area contributed by atoms with Crippen molar-refractivity contribution in [3.8, 4) is 0 Å². The van der Waals surface area contributed by atoms with Crippen LogP contribution in [0.5, 0.6) is 0 Å². The van der Waals surface area contributed by atoms with Crippen LogP contribution in [0.4, 0.5) is 8.78 Å². The molecule has 2 aromatic rings. The molecule has 0 fully saturated rings. The third kappa shape index (κ3) is 2.75. The first kappa shape index (κ1) is 13.1. The highest BCUT2D eigenvalue weighted by Crippen LogP contribution is 2.25. The van der Waals surface area contributed by atoms with E-state index in [1.54, 1.807) is 24.3 Å². The van der Waals surface area contributed by atoms with Crippen LogP contribution in [0.25, 0.3) is 0 Å². The van der Waals surface area contributed by atoms with Crippen LogP contribution < -0.4 is 11.3 Å². The van der Waals surface area contributed by atoms with E-state index in [0.717, 1.165) is 0 Å². The monoisotopic (exact) mass is 312 g/mol. The normalized spacial score (nSPS) is 12.4. The molecule has 0 saturated carbocycles. The zero-order valence-corrected chi connectivity index (χ0v) is 10.9. The van der Waals surface area contributed by atoms with Crippen molar-refractivity contribution in [2.75, 3.05) is 0 Å². The molecular weight excluding hydrogens is 302 g/mol. The summed E-state index contributed by atoms with van der Waals surface area (Å²) in [5, 5.41) is 0. The Morgan fingerprint density at radius 2 is 1.78 bits per heavy atom. The molecule has 0 aliphatic heterocycles. The summed E-state index contributed by atoms with van der Waals surface area (Å²) in [4.78, 5) is 0. The number of halogens is 3. The van der Waals surface area contributed by atoms with E-state index in [1.165, 1.54) is 18.2 Å². The number of nitrogens with one attached hydrogen (secondary N) is 1. The Morgan fingerprint density at radius 1 is 1.06 bits per heavy atom. The number of rotatable bonds is 3. The third-order valence-electron chi connectivity index (χ3n) is 2.63. The molecule has 2 aromatic carbocycles. The minimum absolute atomic E-state index is 0.356. The highest BCUT2D eigenvalue weighted by molar-refractivity contribution is 9.10. The van der Waals surface area contributed by atoms with Gasteiger partial charge in [-0.05, 0) is 51.3 Å². The summed E-state index contributed by atoms with van der Waals surface area (Å²) in [7, 11) is 0. The van der Waals surface area contributed by atoms with Gasteiger partial charge in [-0.3, -0.25) is 5.84 Å². The minimum atomic E-state index is -0.455. The standard InChI is InChI=1S/C13H11BrF2N2/c14-11-5-4-9(7-12(11)16)13(18-17)8-2-1-3-10(15)6-8/h1-7,13,18H,17H2. The van der Waals surface area contributed by atoms with Crippen molar-refractivity contribution in [2.24, 2.45) is 5.84 Å². The highest BCUT2D eigenvalue weighted by atomic mass is 79.9. The van der Waals surface area contributed by atoms with Crippen molar-refractivity contribution in [2.45, 2.75) is 6.04 Å². The molecule has 1 atom stereocenters. The second-order valence-corrected chi connectivity index (χ2v) is 4.68. The second-order valence-electron chi connectivity index (χ2n) is 3.83. The minimum Gasteiger partial charge on any atom is -0.271 e. The maximum atomic E-state index is 13.5. The van der Waals surface area contributed by atoms with Crippen LogP contribution in [0.15, 0.2) is 46.9 Å². The molecule has 0 aromatic heterocycles. The molecule has 0 aliphatic rings. The molecule has 3 N–H and O–H groups in total. The Bertz CT molecular complexity index is 560. The molecule has 0 aliphatic carbocycles. The van der Waals surface area contributed by atoms with Crippen molar-refractivity contribution < 1.29 is 8.78 Å². The first-order chi connectivity index (χ1) is 8.61. The molecule has 2 rings (SSSR count). The van der Waals surface area contributed by atoms with Gasteiger partial charge in [0.1, 0.15) is 11.6 Å². The van der Waals surface area contributed by atoms with Gasteiger partial charge in [0, 0.05) is 0 Å². The van der Waals surface area contributed by atoms with Crippen molar-refractivity contribution in [3.63, 3.8) is 0 Å². The van der Waals surface area contributed by atoms with Crippen LogP contribution in [-0.2, 0) is 0 Å². The van der Waals surface area contributed by atoms with Gasteiger partial charge in [-0.1, -0.05) is 18.2 Å². The van der Waals surface area contributed by atoms with Gasteiger partial charge in [0.05, 0.1) is 10.5 Å². The summed E-state index contributed by atoms with van der Waals surface area (Å²) >= 11 is 3.08. The van der Waals surface area contributed by atoms with Gasteiger partial charge in [-0.15, -0.1) is 0 Å². The Labute approximate surface area is 112 Å². The van der Waals surface area contributed by atoms with Gasteiger partial charge in [-0.25, -0.2) is 14.2 Å². The van der Waals surface area contributed by atoms with Crippen molar-refractivity contribution in [1.82, 2.24) is 5.43 Å². The SMILES string of the molecule is NNC(c1cccc(F)c1)c1ccc(Br)c(F)c1. The van der Waals surface area contributed by atoms with Gasteiger partial charge < -0.3 is 0 Å². The number of hydrogen-bond donors (Lipinski definition) is 2. The summed E-state index contributed by atoms with van der Waals surface area (Å²) in [5.74, 6) is 4.73. The summed E-state index contributed by atoms with van der Waals surface area (Å²) in [6.45, 7) is 0. The van der Waals surface area contributed by atoms with Crippen LogP contribution in [0.3, 0.4) is 0 Å². The largest absolute Gasteiger partial charge is 0.271 e. The summed E-state index contributed by atoms with van der Waals surface area (Å²) < 4.78 is 27.0. The summed E-state index contributed by atoms with van der Waals surface area (Å²) in [6.07, 6.45) is 0. The number of benzene rings is 2. The lowest BCUT2D eigenvalue weighted by molar-refractivity contribution is 0.592. The van der Waals surface area contributed by atoms with E-state index >= 15 is 0 Å². The predicted molar refractivity (Wildman–Crippen MR) is 69.7 cm³/mol. The zero-order valence-electron chi connectivity index (χ0n) is 9.33. The van der Waals surface area contributed by atoms with E-state index < -0.39 is 6.04 Å². The van der Waals surface area contributed by atoms with Crippen LogP contribution in [-0.4, -0.2) is 0 Å². The molecule has 0 bridgehead atoms. The Kier molecular flexibility index (Phi) is 4.06. The second kappa shape index (κ2) is 5.56. The molecule has 1 unspecified atom stereocenters. The third-order valence-corrected chi connectivity index (χ3v) is 3.27. The quantitative estimate of drug-likeness (QED) is 0.674. The molecule has 0 heterocycles. The van der Waals surface area contributed by atoms with E-state index in [2.05, 4.69) is 21.4 Å². The zero-order chi connectivity index (χ0) is 13.1. The van der Waals surface area contributed by atoms with E-state index in [-0.39, 0.29) is 11.6 Å². The smallest absolute Gasteiger partial charge is 0.137 e. The molecule has 0 radical (unpaired) electrons. The summed E-state index contributed by atoms with van der Waals surface area (Å²) in [6, 6.07) is 10.3. The Balaban J connectivity index is 2.42. The molecule has 0 amide bonds. The average Bonchev–Trinajstić information content (AvgIpc) is 2.35. The first-order valence-electron chi connectivity index (χ1n) is 5.28. The van der Waals surface area contributed by atoms with Gasteiger partial charge in [0.2, 0.25) is 0 Å². The van der Waals surface area contributed by atoms with Crippen LogP contribution in [0, 0.1) is 11.6 Å². The lowest BCUT2D eigenvalue weighted by Crippen LogP contribution is -2.29. The number of hydrazine groups is 1. The van der Waals surface area contributed by atoms with E-state index in [4.69, 9.17) is 5.84 Å². The van der Waals surface area contributed by atoms with Gasteiger partial charge >= 0.3 is 0 Å². The van der Waals surface area contributed by atoms with E-state index in [1.807, 2.05) is 0 Å². The Morgan fingerprint density at radius 3 is 2.39 bits per heavy atom. The average molecular weight is 313 g/mol. The fourth-order valence-corrected chi connectivity index (χ4v) is 2.01. The highest BCUT2D eigenvalue weighted by Gasteiger charge is 2.14. The maximum Gasteiger partial charge on any atom is 0.137 e. The number of nitrogens with two attached hydrogens (primary N) is 1. The van der Waals surface area contributed by atoms with Gasteiger partial charge in [0.15, 0.2) is 0 Å².